The summed E-state index contributed by atoms with van der Waals surface area (Å²) in [5.41, 5.74) is 2.09. The predicted octanol–water partition coefficient (Wildman–Crippen LogP) is 3.70. The molecule has 0 spiro atoms. The highest BCUT2D eigenvalue weighted by Gasteiger charge is 2.36. The Kier molecular flexibility index (Phi) is 7.72. The average molecular weight is 516 g/mol. The van der Waals surface area contributed by atoms with Gasteiger partial charge in [-0.05, 0) is 66.6 Å². The molecule has 194 valence electrons. The first-order valence-electron chi connectivity index (χ1n) is 11.5. The van der Waals surface area contributed by atoms with Crippen LogP contribution in [0, 0.1) is 6.92 Å². The van der Waals surface area contributed by atoms with E-state index in [1.165, 1.54) is 32.4 Å². The summed E-state index contributed by atoms with van der Waals surface area (Å²) in [4.78, 5) is 51.3. The first-order chi connectivity index (χ1) is 18.3. The number of carbonyl (C=O) groups excluding carboxylic acids is 4. The Bertz CT molecular complexity index is 1430. The number of para-hydroxylation sites is 1. The van der Waals surface area contributed by atoms with E-state index in [9.17, 15) is 19.2 Å². The van der Waals surface area contributed by atoms with Crippen LogP contribution >= 0.6 is 0 Å². The lowest BCUT2D eigenvalue weighted by Crippen LogP contribution is -2.54. The molecule has 0 radical (unpaired) electrons. The number of nitrogens with one attached hydrogen (secondary N) is 2. The minimum Gasteiger partial charge on any atom is -0.497 e. The SMILES string of the molecule is COc1ccc(N2C(=O)NC(=O)/C(=C\c3ccc(OCC(=O)Nc4ccccc4C)c(OC)c3)C2=O)cc1. The lowest BCUT2D eigenvalue weighted by atomic mass is 10.1. The first kappa shape index (κ1) is 26.0. The molecule has 4 rings (SSSR count). The van der Waals surface area contributed by atoms with Crippen LogP contribution in [0.3, 0.4) is 0 Å². The normalized spacial score (nSPS) is 14.2. The number of barbiturate groups is 1. The van der Waals surface area contributed by atoms with E-state index in [-0.39, 0.29) is 29.5 Å². The van der Waals surface area contributed by atoms with Gasteiger partial charge in [0.1, 0.15) is 11.3 Å². The van der Waals surface area contributed by atoms with Crippen LogP contribution in [0.1, 0.15) is 11.1 Å². The number of rotatable bonds is 8. The van der Waals surface area contributed by atoms with Crippen molar-refractivity contribution < 1.29 is 33.4 Å². The summed E-state index contributed by atoms with van der Waals surface area (Å²) in [6.45, 7) is 1.63. The van der Waals surface area contributed by atoms with E-state index < -0.39 is 17.8 Å². The van der Waals surface area contributed by atoms with Crippen molar-refractivity contribution in [2.75, 3.05) is 31.0 Å². The molecule has 0 bridgehead atoms. The molecule has 5 amide bonds. The highest BCUT2D eigenvalue weighted by atomic mass is 16.5. The summed E-state index contributed by atoms with van der Waals surface area (Å²) in [5, 5.41) is 4.97. The van der Waals surface area contributed by atoms with Crippen molar-refractivity contribution in [3.05, 3.63) is 83.4 Å². The van der Waals surface area contributed by atoms with Gasteiger partial charge in [-0.2, -0.15) is 0 Å². The van der Waals surface area contributed by atoms with Gasteiger partial charge in [0.05, 0.1) is 19.9 Å². The van der Waals surface area contributed by atoms with E-state index in [0.29, 0.717) is 22.7 Å². The number of imide groups is 2. The van der Waals surface area contributed by atoms with Crippen LogP contribution in [0.25, 0.3) is 6.08 Å². The smallest absolute Gasteiger partial charge is 0.335 e. The highest BCUT2D eigenvalue weighted by Crippen LogP contribution is 2.30. The number of methoxy groups -OCH3 is 2. The molecule has 3 aromatic carbocycles. The van der Waals surface area contributed by atoms with Crippen molar-refractivity contribution in [1.82, 2.24) is 5.32 Å². The zero-order chi connectivity index (χ0) is 27.2. The quantitative estimate of drug-likeness (QED) is 0.346. The molecule has 1 heterocycles. The molecule has 3 aromatic rings. The van der Waals surface area contributed by atoms with Gasteiger partial charge in [0.15, 0.2) is 18.1 Å². The maximum atomic E-state index is 13.1. The number of amides is 5. The van der Waals surface area contributed by atoms with Crippen LogP contribution in [0.4, 0.5) is 16.2 Å². The molecule has 10 heteroatoms. The molecule has 1 saturated heterocycles. The number of aryl methyl sites for hydroxylation is 1. The second-order valence-corrected chi connectivity index (χ2v) is 8.22. The molecule has 0 aliphatic carbocycles. The number of carbonyl (C=O) groups is 4. The third kappa shape index (κ3) is 5.65. The van der Waals surface area contributed by atoms with Gasteiger partial charge in [-0.1, -0.05) is 24.3 Å². The second-order valence-electron chi connectivity index (χ2n) is 8.22. The van der Waals surface area contributed by atoms with Gasteiger partial charge in [-0.3, -0.25) is 19.7 Å². The molecule has 0 saturated carbocycles. The van der Waals surface area contributed by atoms with Gasteiger partial charge in [0.25, 0.3) is 17.7 Å². The number of hydrogen-bond donors (Lipinski definition) is 2. The maximum Gasteiger partial charge on any atom is 0.335 e. The Morgan fingerprint density at radius 1 is 0.947 bits per heavy atom. The molecule has 1 aliphatic rings. The van der Waals surface area contributed by atoms with Gasteiger partial charge in [0.2, 0.25) is 0 Å². The first-order valence-corrected chi connectivity index (χ1v) is 11.5. The number of urea groups is 1. The largest absolute Gasteiger partial charge is 0.497 e. The summed E-state index contributed by atoms with van der Waals surface area (Å²) < 4.78 is 16.1. The summed E-state index contributed by atoms with van der Waals surface area (Å²) >= 11 is 0. The van der Waals surface area contributed by atoms with E-state index in [2.05, 4.69) is 10.6 Å². The fourth-order valence-electron chi connectivity index (χ4n) is 3.73. The topological polar surface area (TPSA) is 123 Å². The maximum absolute atomic E-state index is 13.1. The standard InChI is InChI=1S/C28H25N3O7/c1-17-6-4-5-7-22(17)29-25(32)16-38-23-13-8-18(15-24(23)37-3)14-21-26(33)30-28(35)31(27(21)34)19-9-11-20(36-2)12-10-19/h4-15H,16H2,1-3H3,(H,29,32)(H,30,33,35)/b21-14+. The molecule has 2 N–H and O–H groups in total. The second kappa shape index (κ2) is 11.3. The van der Waals surface area contributed by atoms with Gasteiger partial charge in [-0.25, -0.2) is 9.69 Å². The number of hydrogen-bond acceptors (Lipinski definition) is 7. The van der Waals surface area contributed by atoms with Crippen molar-refractivity contribution in [3.63, 3.8) is 0 Å². The number of ether oxygens (including phenoxy) is 3. The Labute approximate surface area is 218 Å². The van der Waals surface area contributed by atoms with Crippen LogP contribution in [-0.4, -0.2) is 44.6 Å². The predicted molar refractivity (Wildman–Crippen MR) is 140 cm³/mol. The van der Waals surface area contributed by atoms with Gasteiger partial charge in [-0.15, -0.1) is 0 Å². The zero-order valence-electron chi connectivity index (χ0n) is 20.9. The number of nitrogens with zero attached hydrogens (tertiary/aromatic N) is 1. The Balaban J connectivity index is 1.51. The minimum atomic E-state index is -0.854. The fraction of sp³-hybridized carbons (Fsp3) is 0.143. The van der Waals surface area contributed by atoms with Crippen molar-refractivity contribution in [2.45, 2.75) is 6.92 Å². The molecular formula is C28H25N3O7. The summed E-state index contributed by atoms with van der Waals surface area (Å²) in [5.74, 6) is -0.820. The molecule has 0 aromatic heterocycles. The van der Waals surface area contributed by atoms with Crippen LogP contribution in [-0.2, 0) is 14.4 Å². The van der Waals surface area contributed by atoms with Crippen molar-refractivity contribution in [1.29, 1.82) is 0 Å². The molecule has 0 unspecified atom stereocenters. The average Bonchev–Trinajstić information content (AvgIpc) is 2.91. The third-order valence-corrected chi connectivity index (χ3v) is 5.71. The van der Waals surface area contributed by atoms with Crippen molar-refractivity contribution in [3.8, 4) is 17.2 Å². The Morgan fingerprint density at radius 2 is 1.68 bits per heavy atom. The lowest BCUT2D eigenvalue weighted by molar-refractivity contribution is -0.122. The van der Waals surface area contributed by atoms with Gasteiger partial charge in [0, 0.05) is 5.69 Å². The molecule has 10 nitrogen and oxygen atoms in total. The van der Waals surface area contributed by atoms with Crippen LogP contribution in [0.15, 0.2) is 72.3 Å². The van der Waals surface area contributed by atoms with Gasteiger partial charge < -0.3 is 19.5 Å². The zero-order valence-corrected chi connectivity index (χ0v) is 20.9. The van der Waals surface area contributed by atoms with E-state index >= 15 is 0 Å². The monoisotopic (exact) mass is 515 g/mol. The van der Waals surface area contributed by atoms with E-state index in [4.69, 9.17) is 14.2 Å². The fourth-order valence-corrected chi connectivity index (χ4v) is 3.73. The number of benzene rings is 3. The van der Waals surface area contributed by atoms with Crippen molar-refractivity contribution in [2.24, 2.45) is 0 Å². The van der Waals surface area contributed by atoms with Gasteiger partial charge >= 0.3 is 6.03 Å². The highest BCUT2D eigenvalue weighted by molar-refractivity contribution is 6.39. The molecule has 1 fully saturated rings. The molecule has 0 atom stereocenters. The lowest BCUT2D eigenvalue weighted by Gasteiger charge is -2.26. The van der Waals surface area contributed by atoms with Crippen LogP contribution < -0.4 is 29.7 Å². The van der Waals surface area contributed by atoms with Crippen LogP contribution in [0.5, 0.6) is 17.2 Å². The molecule has 1 aliphatic heterocycles. The summed E-state index contributed by atoms with van der Waals surface area (Å²) in [7, 11) is 2.92. The Morgan fingerprint density at radius 3 is 2.37 bits per heavy atom. The summed E-state index contributed by atoms with van der Waals surface area (Å²) in [6.07, 6.45) is 1.35. The van der Waals surface area contributed by atoms with E-state index in [1.807, 2.05) is 25.1 Å². The molecule has 38 heavy (non-hydrogen) atoms. The third-order valence-electron chi connectivity index (χ3n) is 5.71. The van der Waals surface area contributed by atoms with Crippen LogP contribution in [0.2, 0.25) is 0 Å². The van der Waals surface area contributed by atoms with E-state index in [1.54, 1.807) is 36.4 Å². The number of anilines is 2. The Hall–Kier alpha value is -5.12. The van der Waals surface area contributed by atoms with Crippen molar-refractivity contribution >= 4 is 41.2 Å². The minimum absolute atomic E-state index is 0.242. The summed E-state index contributed by atoms with van der Waals surface area (Å²) in [6, 6.07) is 17.5. The molecular weight excluding hydrogens is 490 g/mol. The van der Waals surface area contributed by atoms with E-state index in [0.717, 1.165) is 10.5 Å².